The monoisotopic (exact) mass is 372 g/mol. The van der Waals surface area contributed by atoms with Crippen molar-refractivity contribution in [3.05, 3.63) is 36.0 Å². The Balaban J connectivity index is 2.70. The first kappa shape index (κ1) is 19.3. The summed E-state index contributed by atoms with van der Waals surface area (Å²) in [5, 5.41) is 1.49. The van der Waals surface area contributed by atoms with Gasteiger partial charge in [-0.25, -0.2) is 9.59 Å². The number of nitrogens with one attached hydrogen (secondary N) is 2. The Hall–Kier alpha value is -3.04. The molecule has 0 spiro atoms. The Bertz CT molecular complexity index is 846. The molecule has 0 aliphatic carbocycles. The van der Waals surface area contributed by atoms with Crippen molar-refractivity contribution in [2.75, 3.05) is 13.7 Å². The maximum atomic E-state index is 14.0. The number of aromatic nitrogens is 1. The fourth-order valence-corrected chi connectivity index (χ4v) is 2.52. The van der Waals surface area contributed by atoms with Crippen LogP contribution in [-0.4, -0.2) is 42.7 Å². The lowest BCUT2D eigenvalue weighted by Crippen LogP contribution is -2.62. The van der Waals surface area contributed by atoms with Crippen molar-refractivity contribution in [2.45, 2.75) is 18.6 Å². The van der Waals surface area contributed by atoms with Gasteiger partial charge in [-0.2, -0.15) is 13.2 Å². The predicted octanol–water partition coefficient (Wildman–Crippen LogP) is 1.78. The third kappa shape index (κ3) is 3.09. The SMILES string of the molecule is CCOC(=O)C(=O)NC(C(=O)OC)(c1c[nH]c2ccccc12)C(F)(F)F. The van der Waals surface area contributed by atoms with E-state index in [0.29, 0.717) is 5.52 Å². The van der Waals surface area contributed by atoms with Gasteiger partial charge in [0, 0.05) is 22.7 Å². The molecule has 0 fully saturated rings. The number of amides is 1. The van der Waals surface area contributed by atoms with Gasteiger partial charge in [0.25, 0.3) is 5.54 Å². The summed E-state index contributed by atoms with van der Waals surface area (Å²) < 4.78 is 50.8. The quantitative estimate of drug-likeness (QED) is 0.630. The molecule has 0 bridgehead atoms. The molecule has 2 N–H and O–H groups in total. The number of hydrogen-bond acceptors (Lipinski definition) is 5. The van der Waals surface area contributed by atoms with Crippen LogP contribution in [0.2, 0.25) is 0 Å². The van der Waals surface area contributed by atoms with E-state index in [-0.39, 0.29) is 12.0 Å². The summed E-state index contributed by atoms with van der Waals surface area (Å²) in [5.74, 6) is -5.07. The molecule has 0 saturated heterocycles. The smallest absolute Gasteiger partial charge is 0.426 e. The molecule has 0 radical (unpaired) electrons. The van der Waals surface area contributed by atoms with Gasteiger partial charge in [-0.05, 0) is 13.0 Å². The second-order valence-electron chi connectivity index (χ2n) is 5.16. The normalized spacial score (nSPS) is 13.7. The van der Waals surface area contributed by atoms with Gasteiger partial charge in [0.1, 0.15) is 0 Å². The highest BCUT2D eigenvalue weighted by atomic mass is 19.4. The van der Waals surface area contributed by atoms with Crippen LogP contribution in [0.25, 0.3) is 10.9 Å². The van der Waals surface area contributed by atoms with Crippen molar-refractivity contribution >= 4 is 28.7 Å². The highest BCUT2D eigenvalue weighted by Gasteiger charge is 2.65. The minimum atomic E-state index is -5.31. The number of H-pyrrole nitrogens is 1. The molecule has 1 aromatic heterocycles. The molecular formula is C16H15F3N2O5. The molecule has 2 aromatic rings. The number of carbonyl (C=O) groups excluding carboxylic acids is 3. The number of esters is 2. The maximum Gasteiger partial charge on any atom is 0.426 e. The molecule has 140 valence electrons. The summed E-state index contributed by atoms with van der Waals surface area (Å²) in [6, 6.07) is 5.87. The Labute approximate surface area is 145 Å². The summed E-state index contributed by atoms with van der Waals surface area (Å²) in [4.78, 5) is 38.3. The Morgan fingerprint density at radius 3 is 2.42 bits per heavy atom. The van der Waals surface area contributed by atoms with Gasteiger partial charge < -0.3 is 19.8 Å². The number of benzene rings is 1. The van der Waals surface area contributed by atoms with Crippen LogP contribution in [0.15, 0.2) is 30.5 Å². The summed E-state index contributed by atoms with van der Waals surface area (Å²) in [6.45, 7) is 1.15. The van der Waals surface area contributed by atoms with E-state index in [9.17, 15) is 27.6 Å². The zero-order valence-corrected chi connectivity index (χ0v) is 13.8. The standard InChI is InChI=1S/C16H15F3N2O5/c1-3-26-13(23)12(22)21-15(14(24)25-2,16(17,18)19)10-8-20-11-7-5-4-6-9(10)11/h4-8,20H,3H2,1-2H3,(H,21,22). The zero-order chi connectivity index (χ0) is 19.5. The summed E-state index contributed by atoms with van der Waals surface area (Å²) in [5.41, 5.74) is -3.90. The Kier molecular flexibility index (Phi) is 5.24. The van der Waals surface area contributed by atoms with Gasteiger partial charge >= 0.3 is 24.0 Å². The molecule has 0 aliphatic heterocycles. The van der Waals surface area contributed by atoms with E-state index in [4.69, 9.17) is 0 Å². The van der Waals surface area contributed by atoms with E-state index in [2.05, 4.69) is 14.5 Å². The van der Waals surface area contributed by atoms with Gasteiger partial charge in [-0.1, -0.05) is 18.2 Å². The van der Waals surface area contributed by atoms with Gasteiger partial charge in [0.05, 0.1) is 13.7 Å². The van der Waals surface area contributed by atoms with E-state index in [1.807, 2.05) is 0 Å². The molecule has 10 heteroatoms. The van der Waals surface area contributed by atoms with E-state index in [1.165, 1.54) is 30.4 Å². The number of fused-ring (bicyclic) bond motifs is 1. The van der Waals surface area contributed by atoms with Crippen LogP contribution in [0.4, 0.5) is 13.2 Å². The lowest BCUT2D eigenvalue weighted by Gasteiger charge is -2.33. The van der Waals surface area contributed by atoms with Crippen molar-refractivity contribution in [1.29, 1.82) is 0 Å². The van der Waals surface area contributed by atoms with Gasteiger partial charge in [-0.15, -0.1) is 0 Å². The summed E-state index contributed by atoms with van der Waals surface area (Å²) in [6.07, 6.45) is -4.38. The van der Waals surface area contributed by atoms with Crippen molar-refractivity contribution in [1.82, 2.24) is 10.3 Å². The third-order valence-corrected chi connectivity index (χ3v) is 3.67. The average molecular weight is 372 g/mol. The van der Waals surface area contributed by atoms with Gasteiger partial charge in [-0.3, -0.25) is 4.79 Å². The highest BCUT2D eigenvalue weighted by Crippen LogP contribution is 2.43. The first-order valence-electron chi connectivity index (χ1n) is 7.40. The molecule has 26 heavy (non-hydrogen) atoms. The maximum absolute atomic E-state index is 14.0. The molecule has 7 nitrogen and oxygen atoms in total. The summed E-state index contributed by atoms with van der Waals surface area (Å²) >= 11 is 0. The molecule has 0 saturated carbocycles. The molecule has 1 amide bonds. The zero-order valence-electron chi connectivity index (χ0n) is 13.8. The molecule has 1 aromatic carbocycles. The average Bonchev–Trinajstić information content (AvgIpc) is 3.02. The molecule has 1 heterocycles. The van der Waals surface area contributed by atoms with E-state index in [1.54, 1.807) is 6.07 Å². The Morgan fingerprint density at radius 2 is 1.85 bits per heavy atom. The second kappa shape index (κ2) is 7.06. The number of halogens is 3. The topological polar surface area (TPSA) is 97.5 Å². The van der Waals surface area contributed by atoms with Crippen LogP contribution in [0, 0.1) is 0 Å². The van der Waals surface area contributed by atoms with Crippen LogP contribution in [0.3, 0.4) is 0 Å². The second-order valence-corrected chi connectivity index (χ2v) is 5.16. The number of para-hydroxylation sites is 1. The molecule has 0 aliphatic rings. The van der Waals surface area contributed by atoms with Crippen LogP contribution in [0.5, 0.6) is 0 Å². The number of aromatic amines is 1. The number of rotatable bonds is 4. The van der Waals surface area contributed by atoms with Crippen molar-refractivity contribution in [2.24, 2.45) is 0 Å². The predicted molar refractivity (Wildman–Crippen MR) is 82.8 cm³/mol. The molecule has 1 unspecified atom stereocenters. The van der Waals surface area contributed by atoms with E-state index >= 15 is 0 Å². The largest absolute Gasteiger partial charge is 0.467 e. The van der Waals surface area contributed by atoms with Gasteiger partial charge in [0.15, 0.2) is 0 Å². The van der Waals surface area contributed by atoms with Crippen LogP contribution in [-0.2, 0) is 29.4 Å². The number of alkyl halides is 3. The van der Waals surface area contributed by atoms with Crippen molar-refractivity contribution in [3.63, 3.8) is 0 Å². The minimum Gasteiger partial charge on any atom is -0.467 e. The van der Waals surface area contributed by atoms with Crippen LogP contribution < -0.4 is 5.32 Å². The van der Waals surface area contributed by atoms with Crippen LogP contribution in [0.1, 0.15) is 12.5 Å². The Morgan fingerprint density at radius 1 is 1.19 bits per heavy atom. The lowest BCUT2D eigenvalue weighted by atomic mass is 9.88. The van der Waals surface area contributed by atoms with Crippen molar-refractivity contribution in [3.8, 4) is 0 Å². The molecular weight excluding hydrogens is 357 g/mol. The number of ether oxygens (including phenoxy) is 2. The number of methoxy groups -OCH3 is 1. The van der Waals surface area contributed by atoms with E-state index < -0.39 is 35.1 Å². The third-order valence-electron chi connectivity index (χ3n) is 3.67. The lowest BCUT2D eigenvalue weighted by molar-refractivity contribution is -0.216. The first-order valence-corrected chi connectivity index (χ1v) is 7.40. The first-order chi connectivity index (χ1) is 12.2. The fraction of sp³-hybridized carbons (Fsp3) is 0.312. The van der Waals surface area contributed by atoms with E-state index in [0.717, 1.165) is 13.3 Å². The molecule has 1 atom stereocenters. The summed E-state index contributed by atoms with van der Waals surface area (Å²) in [7, 11) is 0.744. The van der Waals surface area contributed by atoms with Crippen molar-refractivity contribution < 1.29 is 37.0 Å². The number of hydrogen-bond donors (Lipinski definition) is 2. The minimum absolute atomic E-state index is 0.0272. The number of carbonyl (C=O) groups is 3. The van der Waals surface area contributed by atoms with Crippen LogP contribution >= 0.6 is 0 Å². The van der Waals surface area contributed by atoms with Gasteiger partial charge in [0.2, 0.25) is 0 Å². The highest BCUT2D eigenvalue weighted by molar-refractivity contribution is 6.33. The molecule has 2 rings (SSSR count). The fourth-order valence-electron chi connectivity index (χ4n) is 2.52.